The fourth-order valence-corrected chi connectivity index (χ4v) is 5.70. The lowest BCUT2D eigenvalue weighted by Gasteiger charge is -2.07. The van der Waals surface area contributed by atoms with Crippen LogP contribution < -0.4 is 5.32 Å². The van der Waals surface area contributed by atoms with Gasteiger partial charge in [0.25, 0.3) is 0 Å². The van der Waals surface area contributed by atoms with Gasteiger partial charge in [0, 0.05) is 27.8 Å². The lowest BCUT2D eigenvalue weighted by atomic mass is 10.1. The van der Waals surface area contributed by atoms with Crippen LogP contribution in [0.25, 0.3) is 21.5 Å². The predicted molar refractivity (Wildman–Crippen MR) is 127 cm³/mol. The predicted octanol–water partition coefficient (Wildman–Crippen LogP) is 5.19. The number of carbonyl (C=O) groups excluding carboxylic acids is 1. The minimum Gasteiger partial charge on any atom is -0.355 e. The molecule has 5 nitrogen and oxygen atoms in total. The molecule has 1 aromatic carbocycles. The minimum atomic E-state index is 0.0194. The molecule has 1 N–H and O–H groups in total. The van der Waals surface area contributed by atoms with Crippen molar-refractivity contribution >= 4 is 50.6 Å². The lowest BCUT2D eigenvalue weighted by molar-refractivity contribution is -0.118. The average Bonchev–Trinajstić information content (AvgIpc) is 3.30. The molecule has 0 aliphatic carbocycles. The summed E-state index contributed by atoms with van der Waals surface area (Å²) < 4.78 is 0. The van der Waals surface area contributed by atoms with Crippen molar-refractivity contribution in [2.45, 2.75) is 32.2 Å². The summed E-state index contributed by atoms with van der Waals surface area (Å²) in [5.41, 5.74) is 4.54. The Balaban J connectivity index is 1.27. The number of benzene rings is 1. The molecule has 4 aromatic rings. The highest BCUT2D eigenvalue weighted by Crippen LogP contribution is 2.34. The number of thioether (sulfide) groups is 1. The highest BCUT2D eigenvalue weighted by molar-refractivity contribution is 8.00. The maximum atomic E-state index is 12.3. The van der Waals surface area contributed by atoms with Crippen LogP contribution in [0, 0.1) is 20.8 Å². The van der Waals surface area contributed by atoms with Gasteiger partial charge in [-0.1, -0.05) is 36.0 Å². The number of hydrogen-bond acceptors (Lipinski definition) is 7. The molecule has 1 amide bonds. The minimum absolute atomic E-state index is 0.0194. The van der Waals surface area contributed by atoms with Gasteiger partial charge in [-0.25, -0.2) is 15.0 Å². The number of carbonyl (C=O) groups is 1. The van der Waals surface area contributed by atoms with E-state index in [4.69, 9.17) is 0 Å². The Morgan fingerprint density at radius 3 is 2.67 bits per heavy atom. The molecular weight excluding hydrogens is 432 g/mol. The van der Waals surface area contributed by atoms with E-state index in [9.17, 15) is 4.79 Å². The number of nitrogens with zero attached hydrogens (tertiary/aromatic N) is 3. The summed E-state index contributed by atoms with van der Waals surface area (Å²) in [5, 5.41) is 8.11. The van der Waals surface area contributed by atoms with Crippen LogP contribution in [0.15, 0.2) is 41.0 Å². The van der Waals surface area contributed by atoms with E-state index in [1.54, 1.807) is 29.0 Å². The Morgan fingerprint density at radius 2 is 1.93 bits per heavy atom. The Hall–Kier alpha value is -2.29. The Labute approximate surface area is 188 Å². The molecule has 0 fully saturated rings. The number of hydrogen-bond donors (Lipinski definition) is 1. The van der Waals surface area contributed by atoms with Crippen LogP contribution in [0.1, 0.15) is 21.0 Å². The van der Waals surface area contributed by atoms with E-state index in [1.807, 2.05) is 6.92 Å². The second kappa shape index (κ2) is 9.24. The van der Waals surface area contributed by atoms with Gasteiger partial charge in [-0.2, -0.15) is 0 Å². The molecule has 0 aliphatic rings. The molecule has 3 heterocycles. The molecular formula is C22H22N4OS3. The number of nitrogens with one attached hydrogen (secondary N) is 1. The highest BCUT2D eigenvalue weighted by atomic mass is 32.2. The lowest BCUT2D eigenvalue weighted by Crippen LogP contribution is -2.27. The molecule has 0 radical (unpaired) electrons. The van der Waals surface area contributed by atoms with Crippen LogP contribution in [0.3, 0.4) is 0 Å². The summed E-state index contributed by atoms with van der Waals surface area (Å²) in [5.74, 6) is 0.369. The fourth-order valence-electron chi connectivity index (χ4n) is 3.13. The molecule has 0 aliphatic heterocycles. The maximum Gasteiger partial charge on any atom is 0.230 e. The third kappa shape index (κ3) is 4.71. The molecule has 30 heavy (non-hydrogen) atoms. The molecule has 3 aromatic heterocycles. The first-order chi connectivity index (χ1) is 14.5. The van der Waals surface area contributed by atoms with Crippen molar-refractivity contribution in [3.8, 4) is 11.3 Å². The van der Waals surface area contributed by atoms with E-state index in [2.05, 4.69) is 63.8 Å². The largest absolute Gasteiger partial charge is 0.355 e. The van der Waals surface area contributed by atoms with Crippen LogP contribution in [-0.2, 0) is 11.2 Å². The molecule has 0 saturated carbocycles. The zero-order valence-electron chi connectivity index (χ0n) is 17.1. The standard InChI is InChI=1S/C22H22N4OS3/c1-13-14(2)30-22-20(13)21(24-12-25-22)29-11-19(27)23-9-8-16-4-6-17(7-5-16)18-10-28-15(3)26-18/h4-7,10,12H,8-9,11H2,1-3H3,(H,23,27). The SMILES string of the molecule is Cc1nc(-c2ccc(CCNC(=O)CSc3ncnc4sc(C)c(C)c34)cc2)cs1. The van der Waals surface area contributed by atoms with Crippen molar-refractivity contribution in [1.29, 1.82) is 0 Å². The smallest absolute Gasteiger partial charge is 0.230 e. The van der Waals surface area contributed by atoms with E-state index in [1.165, 1.54) is 27.8 Å². The fraction of sp³-hybridized carbons (Fsp3) is 0.273. The number of amides is 1. The van der Waals surface area contributed by atoms with Crippen molar-refractivity contribution in [3.63, 3.8) is 0 Å². The molecule has 4 rings (SSSR count). The molecule has 0 unspecified atom stereocenters. The number of aromatic nitrogens is 3. The number of fused-ring (bicyclic) bond motifs is 1. The second-order valence-corrected chi connectivity index (χ2v) is 10.2. The van der Waals surface area contributed by atoms with Gasteiger partial charge in [0.1, 0.15) is 16.2 Å². The highest BCUT2D eigenvalue weighted by Gasteiger charge is 2.13. The van der Waals surface area contributed by atoms with Crippen LogP contribution in [0.4, 0.5) is 0 Å². The van der Waals surface area contributed by atoms with Crippen molar-refractivity contribution in [3.05, 3.63) is 57.0 Å². The van der Waals surface area contributed by atoms with E-state index in [0.717, 1.165) is 37.9 Å². The van der Waals surface area contributed by atoms with Crippen molar-refractivity contribution in [1.82, 2.24) is 20.3 Å². The van der Waals surface area contributed by atoms with E-state index in [-0.39, 0.29) is 5.91 Å². The van der Waals surface area contributed by atoms with Crippen molar-refractivity contribution in [2.24, 2.45) is 0 Å². The summed E-state index contributed by atoms with van der Waals surface area (Å²) in [7, 11) is 0. The molecule has 8 heteroatoms. The summed E-state index contributed by atoms with van der Waals surface area (Å²) in [6.07, 6.45) is 2.38. The van der Waals surface area contributed by atoms with Gasteiger partial charge in [-0.05, 0) is 38.3 Å². The topological polar surface area (TPSA) is 67.8 Å². The maximum absolute atomic E-state index is 12.3. The first kappa shape index (κ1) is 21.0. The zero-order valence-corrected chi connectivity index (χ0v) is 19.5. The van der Waals surface area contributed by atoms with Crippen LogP contribution in [-0.4, -0.2) is 33.2 Å². The number of rotatable bonds is 7. The zero-order chi connectivity index (χ0) is 21.1. The normalized spacial score (nSPS) is 11.2. The third-order valence-electron chi connectivity index (χ3n) is 4.88. The molecule has 0 saturated heterocycles. The van der Waals surface area contributed by atoms with E-state index in [0.29, 0.717) is 12.3 Å². The summed E-state index contributed by atoms with van der Waals surface area (Å²) in [4.78, 5) is 27.8. The van der Waals surface area contributed by atoms with Gasteiger partial charge < -0.3 is 5.32 Å². The number of thiophene rings is 1. The van der Waals surface area contributed by atoms with Gasteiger partial charge in [-0.3, -0.25) is 4.79 Å². The van der Waals surface area contributed by atoms with Crippen molar-refractivity contribution in [2.75, 3.05) is 12.3 Å². The molecule has 0 spiro atoms. The first-order valence-corrected chi connectivity index (χ1v) is 12.3. The Kier molecular flexibility index (Phi) is 6.46. The van der Waals surface area contributed by atoms with Gasteiger partial charge >= 0.3 is 0 Å². The third-order valence-corrected chi connectivity index (χ3v) is 7.75. The summed E-state index contributed by atoms with van der Waals surface area (Å²) in [6.45, 7) is 6.81. The number of aryl methyl sites for hydroxylation is 3. The summed E-state index contributed by atoms with van der Waals surface area (Å²) >= 11 is 4.80. The first-order valence-electron chi connectivity index (χ1n) is 9.63. The Bertz CT molecular complexity index is 1180. The summed E-state index contributed by atoms with van der Waals surface area (Å²) in [6, 6.07) is 8.38. The van der Waals surface area contributed by atoms with Crippen molar-refractivity contribution < 1.29 is 4.79 Å². The van der Waals surface area contributed by atoms with Gasteiger partial charge in [0.2, 0.25) is 5.91 Å². The molecule has 0 atom stereocenters. The van der Waals surface area contributed by atoms with Crippen LogP contribution >= 0.6 is 34.4 Å². The van der Waals surface area contributed by atoms with Gasteiger partial charge in [0.05, 0.1) is 16.5 Å². The molecule has 154 valence electrons. The number of thiazole rings is 1. The van der Waals surface area contributed by atoms with Gasteiger partial charge in [0.15, 0.2) is 0 Å². The Morgan fingerprint density at radius 1 is 1.13 bits per heavy atom. The monoisotopic (exact) mass is 454 g/mol. The van der Waals surface area contributed by atoms with Crippen LogP contribution in [0.5, 0.6) is 0 Å². The van der Waals surface area contributed by atoms with E-state index >= 15 is 0 Å². The van der Waals surface area contributed by atoms with Crippen LogP contribution in [0.2, 0.25) is 0 Å². The quantitative estimate of drug-likeness (QED) is 0.307. The average molecular weight is 455 g/mol. The van der Waals surface area contributed by atoms with Gasteiger partial charge in [-0.15, -0.1) is 22.7 Å². The molecule has 0 bridgehead atoms. The second-order valence-electron chi connectivity index (χ2n) is 6.98. The van der Waals surface area contributed by atoms with E-state index < -0.39 is 0 Å².